The molecule has 0 aliphatic carbocycles. The van der Waals surface area contributed by atoms with Crippen LogP contribution in [0.25, 0.3) is 5.78 Å². The molecule has 26 heavy (non-hydrogen) atoms. The number of nitrogens with zero attached hydrogens (tertiary/aromatic N) is 4. The lowest BCUT2D eigenvalue weighted by molar-refractivity contribution is 0.0462. The largest absolute Gasteiger partial charge is 0.497 e. The second-order valence-corrected chi connectivity index (χ2v) is 5.30. The zero-order valence-electron chi connectivity index (χ0n) is 14.4. The molecule has 9 heteroatoms. The fraction of sp³-hybridized carbons (Fsp3) is 0.235. The summed E-state index contributed by atoms with van der Waals surface area (Å²) in [5.41, 5.74) is 1.04. The predicted molar refractivity (Wildman–Crippen MR) is 89.7 cm³/mol. The number of ketones is 1. The highest BCUT2D eigenvalue weighted by atomic mass is 16.5. The van der Waals surface area contributed by atoms with Crippen LogP contribution in [0.3, 0.4) is 0 Å². The van der Waals surface area contributed by atoms with Crippen molar-refractivity contribution in [3.05, 3.63) is 47.5 Å². The maximum atomic E-state index is 12.3. The molecule has 0 spiro atoms. The Hall–Kier alpha value is -3.49. The zero-order chi connectivity index (χ0) is 18.7. The van der Waals surface area contributed by atoms with Gasteiger partial charge in [0.15, 0.2) is 6.61 Å². The minimum Gasteiger partial charge on any atom is -0.497 e. The van der Waals surface area contributed by atoms with E-state index in [0.29, 0.717) is 11.5 Å². The molecule has 0 bridgehead atoms. The molecule has 0 amide bonds. The molecule has 1 aromatic carbocycles. The van der Waals surface area contributed by atoms with Gasteiger partial charge in [-0.2, -0.15) is 4.98 Å². The SMILES string of the molecule is COc1ccc(C(=O)COC(=O)c2nc3nccc(C)n3n2)c(OC)c1. The highest BCUT2D eigenvalue weighted by Crippen LogP contribution is 2.25. The van der Waals surface area contributed by atoms with Crippen molar-refractivity contribution >= 4 is 17.5 Å². The van der Waals surface area contributed by atoms with Gasteiger partial charge >= 0.3 is 5.97 Å². The molecule has 0 unspecified atom stereocenters. The number of methoxy groups -OCH3 is 2. The number of fused-ring (bicyclic) bond motifs is 1. The lowest BCUT2D eigenvalue weighted by Gasteiger charge is -2.09. The minimum atomic E-state index is -0.810. The van der Waals surface area contributed by atoms with Crippen molar-refractivity contribution in [2.24, 2.45) is 0 Å². The van der Waals surface area contributed by atoms with E-state index < -0.39 is 18.4 Å². The molecule has 0 radical (unpaired) electrons. The number of carbonyl (C=O) groups is 2. The molecule has 0 saturated heterocycles. The number of esters is 1. The summed E-state index contributed by atoms with van der Waals surface area (Å²) in [7, 11) is 2.95. The zero-order valence-corrected chi connectivity index (χ0v) is 14.4. The third-order valence-corrected chi connectivity index (χ3v) is 3.66. The van der Waals surface area contributed by atoms with Gasteiger partial charge in [-0.3, -0.25) is 4.79 Å². The Labute approximate surface area is 148 Å². The molecule has 3 aromatic rings. The topological polar surface area (TPSA) is 105 Å². The average molecular weight is 356 g/mol. The van der Waals surface area contributed by atoms with E-state index in [1.807, 2.05) is 0 Å². The fourth-order valence-electron chi connectivity index (χ4n) is 2.30. The van der Waals surface area contributed by atoms with E-state index in [2.05, 4.69) is 15.1 Å². The van der Waals surface area contributed by atoms with Crippen molar-refractivity contribution in [1.29, 1.82) is 0 Å². The number of rotatable bonds is 6. The number of benzene rings is 1. The van der Waals surface area contributed by atoms with E-state index in [9.17, 15) is 9.59 Å². The Balaban J connectivity index is 1.72. The van der Waals surface area contributed by atoms with Crippen molar-refractivity contribution in [1.82, 2.24) is 19.6 Å². The number of hydrogen-bond acceptors (Lipinski definition) is 8. The van der Waals surface area contributed by atoms with Crippen LogP contribution >= 0.6 is 0 Å². The molecule has 0 aliphatic heterocycles. The number of aromatic nitrogens is 4. The first-order valence-electron chi connectivity index (χ1n) is 7.64. The number of Topliss-reactive ketones (excluding diaryl/α,β-unsaturated/α-hetero) is 1. The van der Waals surface area contributed by atoms with E-state index in [1.165, 1.54) is 18.7 Å². The second kappa shape index (κ2) is 7.18. The normalized spacial score (nSPS) is 10.6. The van der Waals surface area contributed by atoms with Gasteiger partial charge in [0.25, 0.3) is 11.6 Å². The highest BCUT2D eigenvalue weighted by Gasteiger charge is 2.19. The fourth-order valence-corrected chi connectivity index (χ4v) is 2.30. The first-order chi connectivity index (χ1) is 12.5. The van der Waals surface area contributed by atoms with E-state index >= 15 is 0 Å². The van der Waals surface area contributed by atoms with Crippen LogP contribution in [-0.2, 0) is 4.74 Å². The van der Waals surface area contributed by atoms with Crippen molar-refractivity contribution in [2.45, 2.75) is 6.92 Å². The molecule has 0 saturated carbocycles. The van der Waals surface area contributed by atoms with E-state index in [0.717, 1.165) is 5.69 Å². The Bertz CT molecular complexity index is 982. The summed E-state index contributed by atoms with van der Waals surface area (Å²) < 4.78 is 16.7. The summed E-state index contributed by atoms with van der Waals surface area (Å²) >= 11 is 0. The first kappa shape index (κ1) is 17.3. The average Bonchev–Trinajstić information content (AvgIpc) is 3.11. The van der Waals surface area contributed by atoms with Gasteiger partial charge in [0, 0.05) is 18.0 Å². The van der Waals surface area contributed by atoms with Crippen LogP contribution in [-0.4, -0.2) is 52.2 Å². The third-order valence-electron chi connectivity index (χ3n) is 3.66. The summed E-state index contributed by atoms with van der Waals surface area (Å²) in [5, 5.41) is 4.04. The van der Waals surface area contributed by atoms with Crippen molar-refractivity contribution in [2.75, 3.05) is 20.8 Å². The van der Waals surface area contributed by atoms with Crippen LogP contribution in [0.5, 0.6) is 11.5 Å². The van der Waals surface area contributed by atoms with Gasteiger partial charge in [0.1, 0.15) is 11.5 Å². The van der Waals surface area contributed by atoms with Crippen LogP contribution in [0.15, 0.2) is 30.5 Å². The molecule has 2 aromatic heterocycles. The number of hydrogen-bond donors (Lipinski definition) is 0. The summed E-state index contributed by atoms with van der Waals surface area (Å²) in [6, 6.07) is 6.48. The molecule has 134 valence electrons. The molecule has 0 N–H and O–H groups in total. The van der Waals surface area contributed by atoms with Gasteiger partial charge in [-0.1, -0.05) is 0 Å². The monoisotopic (exact) mass is 356 g/mol. The molecule has 0 atom stereocenters. The first-order valence-corrected chi connectivity index (χ1v) is 7.64. The lowest BCUT2D eigenvalue weighted by atomic mass is 10.1. The molecule has 0 aliphatic rings. The summed E-state index contributed by atoms with van der Waals surface area (Å²) in [4.78, 5) is 32.5. The van der Waals surface area contributed by atoms with Gasteiger partial charge in [-0.05, 0) is 25.1 Å². The molecule has 3 rings (SSSR count). The minimum absolute atomic E-state index is 0.165. The Kier molecular flexibility index (Phi) is 4.78. The van der Waals surface area contributed by atoms with Gasteiger partial charge in [0.05, 0.1) is 19.8 Å². The van der Waals surface area contributed by atoms with E-state index in [4.69, 9.17) is 14.2 Å². The second-order valence-electron chi connectivity index (χ2n) is 5.30. The maximum absolute atomic E-state index is 12.3. The van der Waals surface area contributed by atoms with Gasteiger partial charge < -0.3 is 14.2 Å². The Morgan fingerprint density at radius 3 is 2.65 bits per heavy atom. The number of ether oxygens (including phenoxy) is 3. The van der Waals surface area contributed by atoms with Gasteiger partial charge in [0.2, 0.25) is 5.78 Å². The summed E-state index contributed by atoms with van der Waals surface area (Å²) in [6.45, 7) is 1.33. The highest BCUT2D eigenvalue weighted by molar-refractivity contribution is 6.01. The van der Waals surface area contributed by atoms with Crippen molar-refractivity contribution < 1.29 is 23.8 Å². The molecular weight excluding hydrogens is 340 g/mol. The van der Waals surface area contributed by atoms with Crippen LogP contribution in [0.2, 0.25) is 0 Å². The Morgan fingerprint density at radius 1 is 1.15 bits per heavy atom. The number of carbonyl (C=O) groups excluding carboxylic acids is 2. The van der Waals surface area contributed by atoms with Gasteiger partial charge in [-0.15, -0.1) is 5.10 Å². The number of aryl methyl sites for hydroxylation is 1. The maximum Gasteiger partial charge on any atom is 0.378 e. The smallest absolute Gasteiger partial charge is 0.378 e. The van der Waals surface area contributed by atoms with Crippen molar-refractivity contribution in [3.8, 4) is 11.5 Å². The molecule has 2 heterocycles. The van der Waals surface area contributed by atoms with E-state index in [1.54, 1.807) is 37.4 Å². The van der Waals surface area contributed by atoms with Crippen LogP contribution in [0, 0.1) is 6.92 Å². The standard InChI is InChI=1S/C17H16N4O5/c1-10-6-7-18-17-19-15(20-21(10)17)16(23)26-9-13(22)12-5-4-11(24-2)8-14(12)25-3/h4-8H,9H2,1-3H3. The predicted octanol–water partition coefficient (Wildman–Crippen LogP) is 1.49. The summed E-state index contributed by atoms with van der Waals surface area (Å²) in [6.07, 6.45) is 1.56. The molecule has 0 fully saturated rings. The molecule has 9 nitrogen and oxygen atoms in total. The Morgan fingerprint density at radius 2 is 1.96 bits per heavy atom. The van der Waals surface area contributed by atoms with E-state index in [-0.39, 0.29) is 17.2 Å². The van der Waals surface area contributed by atoms with Crippen LogP contribution in [0.4, 0.5) is 0 Å². The third kappa shape index (κ3) is 3.32. The van der Waals surface area contributed by atoms with Crippen LogP contribution < -0.4 is 9.47 Å². The quantitative estimate of drug-likeness (QED) is 0.483. The lowest BCUT2D eigenvalue weighted by Crippen LogP contribution is -2.16. The van der Waals surface area contributed by atoms with Crippen molar-refractivity contribution in [3.63, 3.8) is 0 Å². The van der Waals surface area contributed by atoms with Gasteiger partial charge in [-0.25, -0.2) is 14.3 Å². The molecular formula is C17H16N4O5. The summed E-state index contributed by atoms with van der Waals surface area (Å²) in [5.74, 6) is -0.240. The van der Waals surface area contributed by atoms with Crippen LogP contribution in [0.1, 0.15) is 26.7 Å².